The van der Waals surface area contributed by atoms with E-state index in [9.17, 15) is 26.4 Å². The van der Waals surface area contributed by atoms with E-state index < -0.39 is 37.3 Å². The van der Waals surface area contributed by atoms with Gasteiger partial charge in [0.05, 0.1) is 35.4 Å². The van der Waals surface area contributed by atoms with Gasteiger partial charge in [0.25, 0.3) is 0 Å². The van der Waals surface area contributed by atoms with Crippen LogP contribution in [0.5, 0.6) is 0 Å². The number of morpholine rings is 1. The summed E-state index contributed by atoms with van der Waals surface area (Å²) in [6.45, 7) is 3.55. The second kappa shape index (κ2) is 12.1. The van der Waals surface area contributed by atoms with E-state index in [0.29, 0.717) is 49.8 Å². The highest BCUT2D eigenvalue weighted by Crippen LogP contribution is 2.56. The van der Waals surface area contributed by atoms with Crippen LogP contribution in [-0.2, 0) is 25.5 Å². The van der Waals surface area contributed by atoms with E-state index in [4.69, 9.17) is 14.8 Å². The van der Waals surface area contributed by atoms with Gasteiger partial charge in [-0.15, -0.1) is 0 Å². The van der Waals surface area contributed by atoms with Gasteiger partial charge in [0.1, 0.15) is 10.6 Å². The Morgan fingerprint density at radius 2 is 1.86 bits per heavy atom. The minimum Gasteiger partial charge on any atom is -0.396 e. The summed E-state index contributed by atoms with van der Waals surface area (Å²) in [6, 6.07) is 11.9. The van der Waals surface area contributed by atoms with Crippen LogP contribution in [-0.4, -0.2) is 68.5 Å². The lowest BCUT2D eigenvalue weighted by Crippen LogP contribution is -2.44. The third kappa shape index (κ3) is 6.31. The Bertz CT molecular complexity index is 1580. The molecule has 1 saturated heterocycles. The molecule has 2 heterocycles. The Morgan fingerprint density at radius 3 is 2.51 bits per heavy atom. The van der Waals surface area contributed by atoms with Crippen LogP contribution >= 0.6 is 0 Å². The lowest BCUT2D eigenvalue weighted by molar-refractivity contribution is -0.139. The third-order valence-corrected chi connectivity index (χ3v) is 10.1. The van der Waals surface area contributed by atoms with Crippen molar-refractivity contribution in [3.05, 3.63) is 65.9 Å². The molecule has 1 atom stereocenters. The number of anilines is 2. The average molecular weight is 620 g/mol. The van der Waals surface area contributed by atoms with Gasteiger partial charge in [0, 0.05) is 37.0 Å². The summed E-state index contributed by atoms with van der Waals surface area (Å²) < 4.78 is 73.5. The molecule has 3 N–H and O–H groups in total. The number of aromatic nitrogens is 2. The third-order valence-electron chi connectivity index (χ3n) is 7.56. The first-order valence-corrected chi connectivity index (χ1v) is 15.4. The molecule has 3 aromatic rings. The minimum absolute atomic E-state index is 0.0450. The molecule has 2 amide bonds. The predicted octanol–water partition coefficient (Wildman–Crippen LogP) is 4.35. The van der Waals surface area contributed by atoms with Crippen molar-refractivity contribution in [3.8, 4) is 11.4 Å². The number of aliphatic hydroxyl groups is 1. The van der Waals surface area contributed by atoms with E-state index in [0.717, 1.165) is 12.1 Å². The van der Waals surface area contributed by atoms with Crippen molar-refractivity contribution >= 4 is 27.4 Å². The van der Waals surface area contributed by atoms with Crippen LogP contribution in [0.25, 0.3) is 11.4 Å². The molecule has 5 rings (SSSR count). The SMILES string of the molecule is C[C@H]1COCCN1c1cc(C2(S(=O)(=O)c3ccccc3C(F)(F)F)CC2)nc(-c2ccc(NC(=O)NCCCO)cc2)n1. The molecule has 1 aliphatic carbocycles. The first kappa shape index (κ1) is 30.7. The normalized spacial score (nSPS) is 18.3. The molecule has 14 heteroatoms. The number of carbonyl (C=O) groups is 1. The van der Waals surface area contributed by atoms with Crippen LogP contribution in [0, 0.1) is 0 Å². The van der Waals surface area contributed by atoms with Crippen molar-refractivity contribution in [1.29, 1.82) is 0 Å². The largest absolute Gasteiger partial charge is 0.417 e. The van der Waals surface area contributed by atoms with Gasteiger partial charge in [-0.2, -0.15) is 13.2 Å². The van der Waals surface area contributed by atoms with E-state index >= 15 is 0 Å². The molecular formula is C29H32F3N5O5S. The van der Waals surface area contributed by atoms with Crippen molar-refractivity contribution in [3.63, 3.8) is 0 Å². The number of ether oxygens (including phenoxy) is 1. The van der Waals surface area contributed by atoms with Crippen molar-refractivity contribution in [2.75, 3.05) is 43.1 Å². The number of aliphatic hydroxyl groups excluding tert-OH is 1. The first-order chi connectivity index (χ1) is 20.5. The molecule has 0 spiro atoms. The smallest absolute Gasteiger partial charge is 0.396 e. The number of nitrogens with one attached hydrogen (secondary N) is 2. The molecule has 0 radical (unpaired) electrons. The molecule has 0 unspecified atom stereocenters. The molecule has 1 saturated carbocycles. The van der Waals surface area contributed by atoms with Crippen LogP contribution in [0.4, 0.5) is 29.5 Å². The fraction of sp³-hybridized carbons (Fsp3) is 0.414. The number of hydrogen-bond donors (Lipinski definition) is 3. The molecule has 10 nitrogen and oxygen atoms in total. The van der Waals surface area contributed by atoms with Gasteiger partial charge in [-0.25, -0.2) is 23.2 Å². The molecule has 0 bridgehead atoms. The lowest BCUT2D eigenvalue weighted by atomic mass is 10.1. The molecule has 2 fully saturated rings. The summed E-state index contributed by atoms with van der Waals surface area (Å²) in [7, 11) is -4.51. The number of halogens is 3. The van der Waals surface area contributed by atoms with Gasteiger partial charge >= 0.3 is 12.2 Å². The number of rotatable bonds is 9. The van der Waals surface area contributed by atoms with Crippen LogP contribution in [0.3, 0.4) is 0 Å². The quantitative estimate of drug-likeness (QED) is 0.301. The molecule has 43 heavy (non-hydrogen) atoms. The highest BCUT2D eigenvalue weighted by atomic mass is 32.2. The topological polar surface area (TPSA) is 134 Å². The Kier molecular flexibility index (Phi) is 8.63. The zero-order chi connectivity index (χ0) is 30.8. The predicted molar refractivity (Wildman–Crippen MR) is 153 cm³/mol. The number of amides is 2. The molecule has 1 aromatic heterocycles. The molecule has 2 aromatic carbocycles. The van der Waals surface area contributed by atoms with Crippen molar-refractivity contribution in [2.45, 2.75) is 48.0 Å². The number of carbonyl (C=O) groups excluding carboxylic acids is 1. The van der Waals surface area contributed by atoms with Gasteiger partial charge in [-0.1, -0.05) is 12.1 Å². The molecule has 1 aliphatic heterocycles. The maximum Gasteiger partial charge on any atom is 0.417 e. The first-order valence-electron chi connectivity index (χ1n) is 13.9. The van der Waals surface area contributed by atoms with Crippen LogP contribution in [0.2, 0.25) is 0 Å². The summed E-state index contributed by atoms with van der Waals surface area (Å²) in [4.78, 5) is 22.6. The van der Waals surface area contributed by atoms with Crippen molar-refractivity contribution < 1.29 is 36.2 Å². The van der Waals surface area contributed by atoms with E-state index in [1.807, 2.05) is 11.8 Å². The summed E-state index contributed by atoms with van der Waals surface area (Å²) in [5.41, 5.74) is -0.0673. The van der Waals surface area contributed by atoms with Crippen LogP contribution < -0.4 is 15.5 Å². The summed E-state index contributed by atoms with van der Waals surface area (Å²) in [5.74, 6) is 0.655. The lowest BCUT2D eigenvalue weighted by Gasteiger charge is -2.35. The number of urea groups is 1. The number of alkyl halides is 3. The van der Waals surface area contributed by atoms with E-state index in [-0.39, 0.29) is 37.0 Å². The maximum absolute atomic E-state index is 14.0. The van der Waals surface area contributed by atoms with Crippen LogP contribution in [0.1, 0.15) is 37.4 Å². The highest BCUT2D eigenvalue weighted by Gasteiger charge is 2.59. The van der Waals surface area contributed by atoms with E-state index in [2.05, 4.69) is 15.6 Å². The van der Waals surface area contributed by atoms with Crippen molar-refractivity contribution in [1.82, 2.24) is 15.3 Å². The van der Waals surface area contributed by atoms with Gasteiger partial charge in [0.2, 0.25) is 0 Å². The fourth-order valence-corrected chi connectivity index (χ4v) is 7.26. The van der Waals surface area contributed by atoms with Gasteiger partial charge in [-0.05, 0) is 62.6 Å². The monoisotopic (exact) mass is 619 g/mol. The maximum atomic E-state index is 14.0. The average Bonchev–Trinajstić information content (AvgIpc) is 3.80. The Hall–Kier alpha value is -3.75. The molecule has 230 valence electrons. The summed E-state index contributed by atoms with van der Waals surface area (Å²) >= 11 is 0. The van der Waals surface area contributed by atoms with E-state index in [1.165, 1.54) is 12.1 Å². The summed E-state index contributed by atoms with van der Waals surface area (Å²) in [6.07, 6.45) is -4.20. The van der Waals surface area contributed by atoms with Crippen LogP contribution in [0.15, 0.2) is 59.5 Å². The zero-order valence-electron chi connectivity index (χ0n) is 23.4. The highest BCUT2D eigenvalue weighted by molar-refractivity contribution is 7.92. The number of nitrogens with zero attached hydrogens (tertiary/aromatic N) is 3. The van der Waals surface area contributed by atoms with Gasteiger partial charge in [-0.3, -0.25) is 0 Å². The second-order valence-corrected chi connectivity index (χ2v) is 12.8. The molecule has 2 aliphatic rings. The van der Waals surface area contributed by atoms with Crippen molar-refractivity contribution in [2.24, 2.45) is 0 Å². The van der Waals surface area contributed by atoms with Gasteiger partial charge < -0.3 is 25.4 Å². The second-order valence-electron chi connectivity index (χ2n) is 10.6. The zero-order valence-corrected chi connectivity index (χ0v) is 24.2. The minimum atomic E-state index is -4.85. The Balaban J connectivity index is 1.54. The summed E-state index contributed by atoms with van der Waals surface area (Å²) in [5, 5.41) is 14.2. The Morgan fingerprint density at radius 1 is 1.14 bits per heavy atom. The Labute approximate surface area is 247 Å². The fourth-order valence-electron chi connectivity index (χ4n) is 5.09. The standard InChI is InChI=1S/C29H32F3N5O5S/c1-19-18-42-16-14-37(19)25-17-24(28(11-12-28)43(40,41)23-6-3-2-5-22(23)29(30,31)32)35-26(36-25)20-7-9-21(10-8-20)34-27(39)33-13-4-15-38/h2-3,5-10,17,19,38H,4,11-16,18H2,1H3,(H2,33,34,39)/t19-/m0/s1. The van der Waals surface area contributed by atoms with E-state index in [1.54, 1.807) is 30.3 Å². The number of hydrogen-bond acceptors (Lipinski definition) is 8. The van der Waals surface area contributed by atoms with Gasteiger partial charge in [0.15, 0.2) is 15.7 Å². The number of sulfone groups is 1. The molecular weight excluding hydrogens is 587 g/mol. The number of benzene rings is 2.